The number of carbonyl (C=O) groups is 2. The van der Waals surface area contributed by atoms with E-state index in [-0.39, 0.29) is 18.2 Å². The Bertz CT molecular complexity index is 783. The topological polar surface area (TPSA) is 84.2 Å². The summed E-state index contributed by atoms with van der Waals surface area (Å²) in [5, 5.41) is 17.0. The van der Waals surface area contributed by atoms with Crippen LogP contribution >= 0.6 is 11.6 Å². The van der Waals surface area contributed by atoms with Crippen LogP contribution in [0.1, 0.15) is 43.2 Å². The maximum Gasteiger partial charge on any atom is 0.305 e. The van der Waals surface area contributed by atoms with Gasteiger partial charge in [0.25, 0.3) is 5.91 Å². The molecule has 1 unspecified atom stereocenters. The number of rotatable bonds is 6. The average Bonchev–Trinajstić information content (AvgIpc) is 2.89. The van der Waals surface area contributed by atoms with Crippen LogP contribution < -0.4 is 5.32 Å². The van der Waals surface area contributed by atoms with Gasteiger partial charge in [-0.2, -0.15) is 5.10 Å². The second-order valence-electron chi connectivity index (χ2n) is 6.65. The van der Waals surface area contributed by atoms with Gasteiger partial charge in [0.2, 0.25) is 0 Å². The van der Waals surface area contributed by atoms with Crippen molar-refractivity contribution in [2.45, 2.75) is 39.7 Å². The van der Waals surface area contributed by atoms with Crippen LogP contribution in [-0.4, -0.2) is 32.3 Å². The predicted molar refractivity (Wildman–Crippen MR) is 96.3 cm³/mol. The van der Waals surface area contributed by atoms with E-state index >= 15 is 0 Å². The molecule has 7 heteroatoms. The summed E-state index contributed by atoms with van der Waals surface area (Å²) in [4.78, 5) is 23.8. The molecule has 1 atom stereocenters. The van der Waals surface area contributed by atoms with Crippen LogP contribution in [0.15, 0.2) is 30.5 Å². The number of amides is 1. The first-order valence-corrected chi connectivity index (χ1v) is 8.36. The molecule has 2 N–H and O–H groups in total. The van der Waals surface area contributed by atoms with Gasteiger partial charge in [0.15, 0.2) is 0 Å². The summed E-state index contributed by atoms with van der Waals surface area (Å²) in [6.07, 6.45) is 1.48. The highest BCUT2D eigenvalue weighted by atomic mass is 35.5. The summed E-state index contributed by atoms with van der Waals surface area (Å²) in [5.41, 5.74) is 0.905. The highest BCUT2D eigenvalue weighted by Gasteiger charge is 2.33. The summed E-state index contributed by atoms with van der Waals surface area (Å²) in [6, 6.07) is 7.10. The lowest BCUT2D eigenvalue weighted by Gasteiger charge is -2.33. The Morgan fingerprint density at radius 3 is 2.44 bits per heavy atom. The Morgan fingerprint density at radius 2 is 1.92 bits per heavy atom. The van der Waals surface area contributed by atoms with E-state index in [9.17, 15) is 9.59 Å². The molecule has 2 rings (SSSR count). The second-order valence-corrected chi connectivity index (χ2v) is 7.08. The van der Waals surface area contributed by atoms with E-state index in [1.807, 2.05) is 13.8 Å². The van der Waals surface area contributed by atoms with Gasteiger partial charge in [0.05, 0.1) is 28.9 Å². The van der Waals surface area contributed by atoms with E-state index in [2.05, 4.69) is 10.4 Å². The smallest absolute Gasteiger partial charge is 0.305 e. The second kappa shape index (κ2) is 7.27. The molecule has 25 heavy (non-hydrogen) atoms. The van der Waals surface area contributed by atoms with Gasteiger partial charge in [-0.25, -0.2) is 4.68 Å². The van der Waals surface area contributed by atoms with Gasteiger partial charge >= 0.3 is 5.97 Å². The molecule has 0 saturated heterocycles. The molecule has 1 aromatic carbocycles. The monoisotopic (exact) mass is 363 g/mol. The number of benzene rings is 1. The Balaban J connectivity index is 2.27. The van der Waals surface area contributed by atoms with Gasteiger partial charge in [-0.15, -0.1) is 0 Å². The van der Waals surface area contributed by atoms with Crippen molar-refractivity contribution in [1.29, 1.82) is 0 Å². The van der Waals surface area contributed by atoms with Crippen molar-refractivity contribution in [3.05, 3.63) is 46.7 Å². The molecule has 0 bridgehead atoms. The molecule has 0 aliphatic rings. The number of carbonyl (C=O) groups excluding carboxylic acids is 1. The largest absolute Gasteiger partial charge is 0.481 e. The quantitative estimate of drug-likeness (QED) is 0.823. The number of hydrogen-bond donors (Lipinski definition) is 2. The molecule has 1 aromatic heterocycles. The van der Waals surface area contributed by atoms with Crippen LogP contribution in [-0.2, 0) is 4.79 Å². The van der Waals surface area contributed by atoms with Crippen molar-refractivity contribution in [2.75, 3.05) is 0 Å². The van der Waals surface area contributed by atoms with Crippen molar-refractivity contribution in [2.24, 2.45) is 5.92 Å². The molecule has 0 aliphatic heterocycles. The van der Waals surface area contributed by atoms with Crippen molar-refractivity contribution in [3.8, 4) is 5.69 Å². The molecule has 134 valence electrons. The zero-order chi connectivity index (χ0) is 18.8. The molecule has 0 saturated carbocycles. The highest BCUT2D eigenvalue weighted by Crippen LogP contribution is 2.22. The lowest BCUT2D eigenvalue weighted by molar-refractivity contribution is -0.138. The van der Waals surface area contributed by atoms with Gasteiger partial charge in [0.1, 0.15) is 0 Å². The number of nitrogens with one attached hydrogen (secondary N) is 1. The van der Waals surface area contributed by atoms with E-state index in [1.54, 1.807) is 49.0 Å². The highest BCUT2D eigenvalue weighted by molar-refractivity contribution is 6.30. The van der Waals surface area contributed by atoms with E-state index in [0.29, 0.717) is 16.3 Å². The van der Waals surface area contributed by atoms with Gasteiger partial charge < -0.3 is 10.4 Å². The van der Waals surface area contributed by atoms with Crippen molar-refractivity contribution in [1.82, 2.24) is 15.1 Å². The minimum Gasteiger partial charge on any atom is -0.481 e. The Hall–Kier alpha value is -2.34. The number of carboxylic acids is 1. The third kappa shape index (κ3) is 4.39. The van der Waals surface area contributed by atoms with Crippen LogP contribution in [0.25, 0.3) is 5.69 Å². The molecule has 1 amide bonds. The zero-order valence-electron chi connectivity index (χ0n) is 14.7. The van der Waals surface area contributed by atoms with E-state index in [1.165, 1.54) is 0 Å². The number of aliphatic carboxylic acids is 1. The third-order valence-corrected chi connectivity index (χ3v) is 4.68. The minimum absolute atomic E-state index is 0.0424. The van der Waals surface area contributed by atoms with Crippen LogP contribution in [0.4, 0.5) is 0 Å². The van der Waals surface area contributed by atoms with Gasteiger partial charge in [-0.05, 0) is 44.0 Å². The van der Waals surface area contributed by atoms with Gasteiger partial charge in [0, 0.05) is 11.2 Å². The molecule has 0 fully saturated rings. The molecular weight excluding hydrogens is 342 g/mol. The van der Waals surface area contributed by atoms with Crippen LogP contribution in [0.2, 0.25) is 5.02 Å². The van der Waals surface area contributed by atoms with Crippen molar-refractivity contribution >= 4 is 23.5 Å². The van der Waals surface area contributed by atoms with Crippen molar-refractivity contribution < 1.29 is 14.7 Å². The molecular formula is C18H22ClN3O3. The van der Waals surface area contributed by atoms with Crippen molar-refractivity contribution in [3.63, 3.8) is 0 Å². The summed E-state index contributed by atoms with van der Waals surface area (Å²) >= 11 is 5.89. The SMILES string of the molecule is Cc1nn(-c2ccc(Cl)cc2)cc1C(=O)NC(C)(CC(=O)O)C(C)C. The predicted octanol–water partition coefficient (Wildman–Crippen LogP) is 3.45. The standard InChI is InChI=1S/C18H22ClN3O3/c1-11(2)18(4,9-16(23)24)20-17(25)15-10-22(21-12(15)3)14-7-5-13(19)6-8-14/h5-8,10-11H,9H2,1-4H3,(H,20,25)(H,23,24). The summed E-state index contributed by atoms with van der Waals surface area (Å²) in [5.74, 6) is -1.33. The normalized spacial score (nSPS) is 13.5. The maximum atomic E-state index is 12.7. The van der Waals surface area contributed by atoms with Gasteiger partial charge in [-0.3, -0.25) is 9.59 Å². The fraction of sp³-hybridized carbons (Fsp3) is 0.389. The maximum absolute atomic E-state index is 12.7. The molecule has 1 heterocycles. The van der Waals surface area contributed by atoms with Crippen LogP contribution in [0, 0.1) is 12.8 Å². The number of aromatic nitrogens is 2. The Labute approximate surface area is 151 Å². The summed E-state index contributed by atoms with van der Waals surface area (Å²) in [6.45, 7) is 7.24. The fourth-order valence-electron chi connectivity index (χ4n) is 2.44. The lowest BCUT2D eigenvalue weighted by atomic mass is 9.85. The first-order valence-electron chi connectivity index (χ1n) is 7.99. The fourth-order valence-corrected chi connectivity index (χ4v) is 2.57. The first-order chi connectivity index (χ1) is 11.6. The average molecular weight is 364 g/mol. The lowest BCUT2D eigenvalue weighted by Crippen LogP contribution is -2.51. The molecule has 2 aromatic rings. The first kappa shape index (κ1) is 19.0. The molecule has 0 spiro atoms. The van der Waals surface area contributed by atoms with E-state index in [4.69, 9.17) is 16.7 Å². The Kier molecular flexibility index (Phi) is 5.52. The van der Waals surface area contributed by atoms with Gasteiger partial charge in [-0.1, -0.05) is 25.4 Å². The van der Waals surface area contributed by atoms with Crippen LogP contribution in [0.5, 0.6) is 0 Å². The Morgan fingerprint density at radius 1 is 1.32 bits per heavy atom. The number of aryl methyl sites for hydroxylation is 1. The molecule has 6 nitrogen and oxygen atoms in total. The number of halogens is 1. The number of hydrogen-bond acceptors (Lipinski definition) is 3. The number of nitrogens with zero attached hydrogens (tertiary/aromatic N) is 2. The number of carboxylic acid groups (broad SMARTS) is 1. The molecule has 0 radical (unpaired) electrons. The van der Waals surface area contributed by atoms with Crippen LogP contribution in [0.3, 0.4) is 0 Å². The zero-order valence-corrected chi connectivity index (χ0v) is 15.5. The summed E-state index contributed by atoms with van der Waals surface area (Å²) in [7, 11) is 0. The van der Waals surface area contributed by atoms with E-state index < -0.39 is 11.5 Å². The third-order valence-electron chi connectivity index (χ3n) is 4.43. The summed E-state index contributed by atoms with van der Waals surface area (Å²) < 4.78 is 1.60. The van der Waals surface area contributed by atoms with E-state index in [0.717, 1.165) is 5.69 Å². The molecule has 0 aliphatic carbocycles. The minimum atomic E-state index is -0.954.